The quantitative estimate of drug-likeness (QED) is 0.421. The molecule has 0 aliphatic heterocycles. The van der Waals surface area contributed by atoms with Gasteiger partial charge in [0.05, 0.1) is 12.1 Å². The van der Waals surface area contributed by atoms with Crippen molar-refractivity contribution in [1.29, 1.82) is 0 Å². The Balaban J connectivity index is 2.13. The van der Waals surface area contributed by atoms with Gasteiger partial charge < -0.3 is 21.5 Å². The third-order valence-electron chi connectivity index (χ3n) is 6.27. The summed E-state index contributed by atoms with van der Waals surface area (Å²) in [5, 5.41) is 14.7. The molecule has 0 spiro atoms. The number of rotatable bonds is 10. The molecule has 1 aliphatic carbocycles. The molecule has 33 heavy (non-hydrogen) atoms. The fourth-order valence-electron chi connectivity index (χ4n) is 4.31. The van der Waals surface area contributed by atoms with Crippen molar-refractivity contribution in [1.82, 2.24) is 10.6 Å². The summed E-state index contributed by atoms with van der Waals surface area (Å²) in [6.45, 7) is 2.95. The number of nitrogens with two attached hydrogens (primary N) is 1. The predicted molar refractivity (Wildman–Crippen MR) is 120 cm³/mol. The number of alkyl halides is 3. The summed E-state index contributed by atoms with van der Waals surface area (Å²) >= 11 is 0. The van der Waals surface area contributed by atoms with Gasteiger partial charge in [0.25, 0.3) is 0 Å². The molecule has 2 amide bonds. The molecule has 1 aromatic rings. The molecule has 0 saturated heterocycles. The first-order valence-corrected chi connectivity index (χ1v) is 11.6. The van der Waals surface area contributed by atoms with Crippen LogP contribution in [0.1, 0.15) is 57.9 Å². The minimum absolute atomic E-state index is 0.0848. The van der Waals surface area contributed by atoms with Crippen molar-refractivity contribution in [3.05, 3.63) is 35.9 Å². The normalized spacial score (nSPS) is 18.9. The number of amides is 2. The Morgan fingerprint density at radius 1 is 1.06 bits per heavy atom. The van der Waals surface area contributed by atoms with Gasteiger partial charge in [-0.25, -0.2) is 0 Å². The van der Waals surface area contributed by atoms with E-state index in [0.29, 0.717) is 12.3 Å². The number of benzene rings is 1. The highest BCUT2D eigenvalue weighted by molar-refractivity contribution is 5.90. The molecular formula is C24H36F3N3O3. The molecule has 0 radical (unpaired) electrons. The van der Waals surface area contributed by atoms with E-state index < -0.39 is 48.1 Å². The summed E-state index contributed by atoms with van der Waals surface area (Å²) < 4.78 is 39.3. The largest absolute Gasteiger partial charge is 0.416 e. The zero-order chi connectivity index (χ0) is 24.6. The first-order valence-electron chi connectivity index (χ1n) is 11.6. The van der Waals surface area contributed by atoms with Gasteiger partial charge in [0.1, 0.15) is 6.04 Å². The van der Waals surface area contributed by atoms with Crippen molar-refractivity contribution in [2.75, 3.05) is 0 Å². The van der Waals surface area contributed by atoms with Crippen molar-refractivity contribution in [3.63, 3.8) is 0 Å². The van der Waals surface area contributed by atoms with Crippen LogP contribution >= 0.6 is 0 Å². The van der Waals surface area contributed by atoms with Crippen molar-refractivity contribution >= 4 is 11.8 Å². The lowest BCUT2D eigenvalue weighted by atomic mass is 9.85. The number of halogens is 3. The third kappa shape index (κ3) is 8.62. The van der Waals surface area contributed by atoms with Crippen LogP contribution in [-0.2, 0) is 16.0 Å². The maximum absolute atomic E-state index is 13.1. The van der Waals surface area contributed by atoms with Crippen molar-refractivity contribution in [2.24, 2.45) is 17.6 Å². The molecule has 1 aromatic carbocycles. The molecule has 5 N–H and O–H groups in total. The van der Waals surface area contributed by atoms with Gasteiger partial charge in [0.15, 0.2) is 6.10 Å². The number of hydrogen-bond acceptors (Lipinski definition) is 4. The summed E-state index contributed by atoms with van der Waals surface area (Å²) in [5.74, 6) is -1.63. The van der Waals surface area contributed by atoms with Crippen LogP contribution in [0.2, 0.25) is 0 Å². The van der Waals surface area contributed by atoms with Gasteiger partial charge in [-0.2, -0.15) is 13.2 Å². The van der Waals surface area contributed by atoms with Crippen molar-refractivity contribution < 1.29 is 27.9 Å². The van der Waals surface area contributed by atoms with Crippen LogP contribution in [0.3, 0.4) is 0 Å². The van der Waals surface area contributed by atoms with E-state index >= 15 is 0 Å². The Kier molecular flexibility index (Phi) is 10.2. The van der Waals surface area contributed by atoms with E-state index in [4.69, 9.17) is 5.73 Å². The van der Waals surface area contributed by atoms with Crippen LogP contribution in [0.15, 0.2) is 30.3 Å². The van der Waals surface area contributed by atoms with Gasteiger partial charge in [-0.15, -0.1) is 0 Å². The minimum Gasteiger partial charge on any atom is -0.382 e. The molecule has 9 heteroatoms. The van der Waals surface area contributed by atoms with Gasteiger partial charge in [0, 0.05) is 6.42 Å². The second-order valence-corrected chi connectivity index (χ2v) is 9.36. The molecule has 0 heterocycles. The molecule has 0 aromatic heterocycles. The van der Waals surface area contributed by atoms with E-state index in [0.717, 1.165) is 31.2 Å². The van der Waals surface area contributed by atoms with Crippen molar-refractivity contribution in [2.45, 2.75) is 89.2 Å². The summed E-state index contributed by atoms with van der Waals surface area (Å²) in [4.78, 5) is 25.8. The summed E-state index contributed by atoms with van der Waals surface area (Å²) in [5.41, 5.74) is 6.84. The highest BCUT2D eigenvalue weighted by atomic mass is 19.4. The minimum atomic E-state index is -4.89. The Bertz CT molecular complexity index is 752. The number of hydrogen-bond donors (Lipinski definition) is 4. The zero-order valence-electron chi connectivity index (χ0n) is 19.3. The third-order valence-corrected chi connectivity index (χ3v) is 6.27. The van der Waals surface area contributed by atoms with Gasteiger partial charge >= 0.3 is 6.18 Å². The van der Waals surface area contributed by atoms with E-state index in [9.17, 15) is 27.9 Å². The van der Waals surface area contributed by atoms with E-state index in [1.165, 1.54) is 20.3 Å². The predicted octanol–water partition coefficient (Wildman–Crippen LogP) is 3.08. The monoisotopic (exact) mass is 471 g/mol. The van der Waals surface area contributed by atoms with Gasteiger partial charge in [-0.05, 0) is 23.8 Å². The lowest BCUT2D eigenvalue weighted by Gasteiger charge is -2.31. The smallest absolute Gasteiger partial charge is 0.382 e. The first kappa shape index (κ1) is 27.1. The molecule has 1 aliphatic rings. The topological polar surface area (TPSA) is 104 Å². The Labute approximate surface area is 193 Å². The van der Waals surface area contributed by atoms with E-state index in [1.54, 1.807) is 30.3 Å². The van der Waals surface area contributed by atoms with Crippen LogP contribution in [0.4, 0.5) is 13.2 Å². The van der Waals surface area contributed by atoms with Gasteiger partial charge in [-0.3, -0.25) is 9.59 Å². The summed E-state index contributed by atoms with van der Waals surface area (Å²) in [7, 11) is 0. The molecule has 0 bridgehead atoms. The van der Waals surface area contributed by atoms with Gasteiger partial charge in [0.2, 0.25) is 11.8 Å². The second-order valence-electron chi connectivity index (χ2n) is 9.36. The maximum Gasteiger partial charge on any atom is 0.416 e. The average Bonchev–Trinajstić information content (AvgIpc) is 2.76. The Hall–Kier alpha value is -2.13. The molecule has 0 unspecified atom stereocenters. The average molecular weight is 472 g/mol. The maximum atomic E-state index is 13.1. The number of aliphatic hydroxyl groups is 1. The fourth-order valence-corrected chi connectivity index (χ4v) is 4.31. The highest BCUT2D eigenvalue weighted by Gasteiger charge is 2.45. The lowest BCUT2D eigenvalue weighted by molar-refractivity contribution is -0.215. The van der Waals surface area contributed by atoms with Crippen molar-refractivity contribution in [3.8, 4) is 0 Å². The molecular weight excluding hydrogens is 435 g/mol. The SMILES string of the molecule is CC(C)[C@H](NC(=O)[C@H](Cc1ccccc1)NC(=O)[C@@H](N)CC1CCCCC1)[C@H](O)C(F)(F)F. The fraction of sp³-hybridized carbons (Fsp3) is 0.667. The molecule has 1 saturated carbocycles. The number of carbonyl (C=O) groups is 2. The molecule has 6 nitrogen and oxygen atoms in total. The summed E-state index contributed by atoms with van der Waals surface area (Å²) in [6.07, 6.45) is -1.59. The number of carbonyl (C=O) groups excluding carboxylic acids is 2. The number of aliphatic hydroxyl groups excluding tert-OH is 1. The molecule has 1 fully saturated rings. The second kappa shape index (κ2) is 12.4. The summed E-state index contributed by atoms with van der Waals surface area (Å²) in [6, 6.07) is 5.38. The van der Waals surface area contributed by atoms with E-state index in [1.807, 2.05) is 0 Å². The zero-order valence-corrected chi connectivity index (χ0v) is 19.3. The molecule has 2 rings (SSSR count). The highest BCUT2D eigenvalue weighted by Crippen LogP contribution is 2.27. The molecule has 4 atom stereocenters. The Morgan fingerprint density at radius 2 is 1.67 bits per heavy atom. The first-order chi connectivity index (χ1) is 15.5. The van der Waals surface area contributed by atoms with Gasteiger partial charge in [-0.1, -0.05) is 76.3 Å². The lowest BCUT2D eigenvalue weighted by Crippen LogP contribution is -2.59. The van der Waals surface area contributed by atoms with Crippen LogP contribution < -0.4 is 16.4 Å². The molecule has 186 valence electrons. The van der Waals surface area contributed by atoms with E-state index in [2.05, 4.69) is 10.6 Å². The Morgan fingerprint density at radius 3 is 2.21 bits per heavy atom. The number of nitrogens with one attached hydrogen (secondary N) is 2. The van der Waals surface area contributed by atoms with Crippen LogP contribution in [0, 0.1) is 11.8 Å². The van der Waals surface area contributed by atoms with E-state index in [-0.39, 0.29) is 6.42 Å². The van der Waals surface area contributed by atoms with Crippen LogP contribution in [-0.4, -0.2) is 47.3 Å². The van der Waals surface area contributed by atoms with Crippen LogP contribution in [0.5, 0.6) is 0 Å². The van der Waals surface area contributed by atoms with Crippen LogP contribution in [0.25, 0.3) is 0 Å². The standard InChI is InChI=1S/C24H36F3N3O3/c1-15(2)20(21(31)24(25,26)27)30-23(33)19(14-17-11-7-4-8-12-17)29-22(32)18(28)13-16-9-5-3-6-10-16/h4,7-8,11-12,15-16,18-21,31H,3,5-6,9-10,13-14,28H2,1-2H3,(H,29,32)(H,30,33)/t18-,19-,20-,21-/m0/s1.